The Bertz CT molecular complexity index is 1310. The molecule has 2 aromatic carbocycles. The van der Waals surface area contributed by atoms with Gasteiger partial charge in [0.1, 0.15) is 0 Å². The summed E-state index contributed by atoms with van der Waals surface area (Å²) in [5.41, 5.74) is 1.16. The third-order valence-electron chi connectivity index (χ3n) is 5.70. The number of amides is 1. The second-order valence-corrected chi connectivity index (χ2v) is 10.4. The number of carboxylic acid groups (broad SMARTS) is 2. The minimum absolute atomic E-state index is 0.0136. The van der Waals surface area contributed by atoms with Crippen LogP contribution >= 0.6 is 0 Å². The number of carboxylic acids is 2. The van der Waals surface area contributed by atoms with Gasteiger partial charge in [-0.1, -0.05) is 18.2 Å². The average molecular weight is 575 g/mol. The minimum atomic E-state index is -5.08. The predicted molar refractivity (Wildman–Crippen MR) is 136 cm³/mol. The lowest BCUT2D eigenvalue weighted by Gasteiger charge is -2.36. The summed E-state index contributed by atoms with van der Waals surface area (Å²) in [4.78, 5) is 38.4. The maximum absolute atomic E-state index is 12.8. The number of hydrogen-bond donors (Lipinski definition) is 3. The van der Waals surface area contributed by atoms with Crippen molar-refractivity contribution in [2.24, 2.45) is 0 Å². The topological polar surface area (TPSA) is 148 Å². The molecule has 1 aliphatic heterocycles. The highest BCUT2D eigenvalue weighted by Gasteiger charge is 2.38. The van der Waals surface area contributed by atoms with Crippen molar-refractivity contribution >= 4 is 39.2 Å². The highest BCUT2D eigenvalue weighted by Crippen LogP contribution is 2.27. The van der Waals surface area contributed by atoms with E-state index in [1.165, 1.54) is 18.2 Å². The Morgan fingerprint density at radius 2 is 1.56 bits per heavy atom. The average Bonchev–Trinajstić information content (AvgIpc) is 2.84. The van der Waals surface area contributed by atoms with Crippen LogP contribution in [0.4, 0.5) is 24.5 Å². The standard InChI is InChI=1S/C22H28N4O5S.C2HF3O2/c1-16-6-4-5-7-20(16)32(30,31)23-19-9-8-17(14-18(19)22(28)29)26-12-10-25(11-13-26)15-21(27)24(2)3;3-2(4,5)1(6)7/h4-9,14,23H,10-13,15H2,1-3H3,(H,28,29);(H,6,7). The molecule has 0 bridgehead atoms. The van der Waals surface area contributed by atoms with Crippen LogP contribution in [0.25, 0.3) is 0 Å². The molecule has 0 unspecified atom stereocenters. The normalized spacial score (nSPS) is 14.2. The SMILES string of the molecule is Cc1ccccc1S(=O)(=O)Nc1ccc(N2CCN(CC(=O)N(C)C)CC2)cc1C(=O)O.O=C(O)C(F)(F)F. The molecule has 1 aliphatic rings. The summed E-state index contributed by atoms with van der Waals surface area (Å²) in [5, 5.41) is 16.8. The number of alkyl halides is 3. The van der Waals surface area contributed by atoms with Crippen molar-refractivity contribution in [3.05, 3.63) is 53.6 Å². The third kappa shape index (κ3) is 8.85. The molecule has 0 saturated carbocycles. The van der Waals surface area contributed by atoms with Gasteiger partial charge in [0.2, 0.25) is 5.91 Å². The van der Waals surface area contributed by atoms with Crippen LogP contribution in [0.3, 0.4) is 0 Å². The quantitative estimate of drug-likeness (QED) is 0.453. The summed E-state index contributed by atoms with van der Waals surface area (Å²) in [7, 11) is -0.487. The monoisotopic (exact) mass is 574 g/mol. The summed E-state index contributed by atoms with van der Waals surface area (Å²) in [6.07, 6.45) is -5.08. The molecule has 39 heavy (non-hydrogen) atoms. The van der Waals surface area contributed by atoms with Crippen molar-refractivity contribution < 1.29 is 46.2 Å². The summed E-state index contributed by atoms with van der Waals surface area (Å²) in [6, 6.07) is 11.2. The van der Waals surface area contributed by atoms with E-state index in [-0.39, 0.29) is 22.1 Å². The summed E-state index contributed by atoms with van der Waals surface area (Å²) < 4.78 is 59.8. The van der Waals surface area contributed by atoms with E-state index in [9.17, 15) is 36.3 Å². The first kappa shape index (κ1) is 31.4. The van der Waals surface area contributed by atoms with Gasteiger partial charge in [0.15, 0.2) is 0 Å². The highest BCUT2D eigenvalue weighted by atomic mass is 32.2. The molecule has 0 radical (unpaired) electrons. The number of benzene rings is 2. The van der Waals surface area contributed by atoms with Gasteiger partial charge in [0, 0.05) is 46.0 Å². The number of carbonyl (C=O) groups is 3. The molecule has 1 fully saturated rings. The molecular formula is C24H29F3N4O7S. The zero-order valence-corrected chi connectivity index (χ0v) is 22.2. The largest absolute Gasteiger partial charge is 0.490 e. The van der Waals surface area contributed by atoms with E-state index in [1.807, 2.05) is 4.90 Å². The van der Waals surface area contributed by atoms with Crippen LogP contribution in [0.2, 0.25) is 0 Å². The lowest BCUT2D eigenvalue weighted by molar-refractivity contribution is -0.192. The molecule has 2 aromatic rings. The fourth-order valence-electron chi connectivity index (χ4n) is 3.55. The number of halogens is 3. The van der Waals surface area contributed by atoms with Crippen LogP contribution in [-0.4, -0.2) is 99.3 Å². The Morgan fingerprint density at radius 1 is 1.00 bits per heavy atom. The summed E-state index contributed by atoms with van der Waals surface area (Å²) >= 11 is 0. The van der Waals surface area contributed by atoms with Gasteiger partial charge in [-0.3, -0.25) is 14.4 Å². The molecule has 15 heteroatoms. The van der Waals surface area contributed by atoms with Gasteiger partial charge in [0.25, 0.3) is 10.0 Å². The first-order valence-corrected chi connectivity index (χ1v) is 12.9. The van der Waals surface area contributed by atoms with Crippen molar-refractivity contribution in [3.63, 3.8) is 0 Å². The minimum Gasteiger partial charge on any atom is -0.478 e. The van der Waals surface area contributed by atoms with Gasteiger partial charge < -0.3 is 20.0 Å². The molecule has 214 valence electrons. The number of rotatable bonds is 7. The predicted octanol–water partition coefficient (Wildman–Crippen LogP) is 2.34. The second-order valence-electron chi connectivity index (χ2n) is 8.76. The van der Waals surface area contributed by atoms with Gasteiger partial charge in [-0.25, -0.2) is 18.0 Å². The van der Waals surface area contributed by atoms with E-state index < -0.39 is 28.1 Å². The second kappa shape index (κ2) is 12.8. The van der Waals surface area contributed by atoms with E-state index in [0.29, 0.717) is 44.0 Å². The lowest BCUT2D eigenvalue weighted by atomic mass is 10.1. The molecule has 11 nitrogen and oxygen atoms in total. The maximum Gasteiger partial charge on any atom is 0.490 e. The lowest BCUT2D eigenvalue weighted by Crippen LogP contribution is -2.49. The molecule has 1 heterocycles. The molecule has 0 aromatic heterocycles. The van der Waals surface area contributed by atoms with Gasteiger partial charge in [-0.2, -0.15) is 13.2 Å². The van der Waals surface area contributed by atoms with Gasteiger partial charge in [-0.05, 0) is 36.8 Å². The van der Waals surface area contributed by atoms with E-state index in [0.717, 1.165) is 0 Å². The first-order valence-electron chi connectivity index (χ1n) is 11.5. The molecule has 1 amide bonds. The number of aromatic carboxylic acids is 1. The molecule has 3 N–H and O–H groups in total. The highest BCUT2D eigenvalue weighted by molar-refractivity contribution is 7.92. The number of aryl methyl sites for hydroxylation is 1. The van der Waals surface area contributed by atoms with Crippen molar-refractivity contribution in [1.29, 1.82) is 0 Å². The number of sulfonamides is 1. The number of likely N-dealkylation sites (N-methyl/N-ethyl adjacent to an activating group) is 1. The van der Waals surface area contributed by atoms with E-state index in [4.69, 9.17) is 9.90 Å². The van der Waals surface area contributed by atoms with Crippen LogP contribution in [0, 0.1) is 6.92 Å². The fourth-order valence-corrected chi connectivity index (χ4v) is 4.88. The Morgan fingerprint density at radius 3 is 2.05 bits per heavy atom. The molecule has 0 aliphatic carbocycles. The molecule has 0 atom stereocenters. The first-order chi connectivity index (χ1) is 18.0. The zero-order chi connectivity index (χ0) is 29.5. The van der Waals surface area contributed by atoms with Gasteiger partial charge in [-0.15, -0.1) is 0 Å². The van der Waals surface area contributed by atoms with Crippen LogP contribution < -0.4 is 9.62 Å². The molecule has 1 saturated heterocycles. The van der Waals surface area contributed by atoms with Crippen molar-refractivity contribution in [2.75, 3.05) is 56.4 Å². The van der Waals surface area contributed by atoms with Crippen LogP contribution in [0.15, 0.2) is 47.4 Å². The van der Waals surface area contributed by atoms with Crippen molar-refractivity contribution in [1.82, 2.24) is 9.80 Å². The Hall–Kier alpha value is -3.85. The molecular weight excluding hydrogens is 545 g/mol. The number of carbonyl (C=O) groups excluding carboxylic acids is 1. The van der Waals surface area contributed by atoms with E-state index >= 15 is 0 Å². The number of hydrogen-bond acceptors (Lipinski definition) is 7. The van der Waals surface area contributed by atoms with Gasteiger partial charge >= 0.3 is 18.1 Å². The fraction of sp³-hybridized carbons (Fsp3) is 0.375. The van der Waals surface area contributed by atoms with Crippen LogP contribution in [-0.2, 0) is 19.6 Å². The molecule has 3 rings (SSSR count). The zero-order valence-electron chi connectivity index (χ0n) is 21.4. The number of nitrogens with zero attached hydrogens (tertiary/aromatic N) is 3. The summed E-state index contributed by atoms with van der Waals surface area (Å²) in [6.45, 7) is 4.64. The third-order valence-corrected chi connectivity index (χ3v) is 7.22. The number of nitrogens with one attached hydrogen (secondary N) is 1. The van der Waals surface area contributed by atoms with Crippen molar-refractivity contribution in [2.45, 2.75) is 18.0 Å². The maximum atomic E-state index is 12.8. The van der Waals surface area contributed by atoms with E-state index in [1.54, 1.807) is 50.2 Å². The Kier molecular flexibility index (Phi) is 10.3. The number of anilines is 2. The summed E-state index contributed by atoms with van der Waals surface area (Å²) in [5.74, 6) is -3.94. The van der Waals surface area contributed by atoms with Crippen LogP contribution in [0.5, 0.6) is 0 Å². The van der Waals surface area contributed by atoms with Crippen molar-refractivity contribution in [3.8, 4) is 0 Å². The molecule has 0 spiro atoms. The van der Waals surface area contributed by atoms with E-state index in [2.05, 4.69) is 9.62 Å². The smallest absolute Gasteiger partial charge is 0.478 e. The van der Waals surface area contributed by atoms with Crippen LogP contribution in [0.1, 0.15) is 15.9 Å². The number of piperazine rings is 1. The Balaban J connectivity index is 0.000000673. The Labute approximate surface area is 223 Å². The number of aliphatic carboxylic acids is 1. The van der Waals surface area contributed by atoms with Gasteiger partial charge in [0.05, 0.1) is 22.7 Å².